The number of phenolic OH excluding ortho intramolecular Hbond substituents is 1. The molecule has 0 spiro atoms. The van der Waals surface area contributed by atoms with Crippen LogP contribution in [0, 0.1) is 5.92 Å². The Morgan fingerprint density at radius 1 is 1.39 bits per heavy atom. The fourth-order valence-corrected chi connectivity index (χ4v) is 4.21. The van der Waals surface area contributed by atoms with Crippen molar-refractivity contribution in [3.63, 3.8) is 0 Å². The number of thioether (sulfide) groups is 1. The smallest absolute Gasteiger partial charge is 0.149 e. The molecule has 18 heavy (non-hydrogen) atoms. The molecular weight excluding hydrogens is 264 g/mol. The predicted octanol–water partition coefficient (Wildman–Crippen LogP) is 3.52. The van der Waals surface area contributed by atoms with Crippen LogP contribution < -0.4 is 0 Å². The summed E-state index contributed by atoms with van der Waals surface area (Å²) < 4.78 is 1.02. The average molecular weight is 278 g/mol. The first-order valence-corrected chi connectivity index (χ1v) is 7.74. The minimum absolute atomic E-state index is 0.291. The van der Waals surface area contributed by atoms with Crippen LogP contribution in [0.25, 0.3) is 10.2 Å². The van der Waals surface area contributed by atoms with E-state index in [2.05, 4.69) is 18.8 Å². The van der Waals surface area contributed by atoms with E-state index in [1.54, 1.807) is 35.2 Å². The van der Waals surface area contributed by atoms with Crippen LogP contribution in [-0.4, -0.2) is 26.9 Å². The summed E-state index contributed by atoms with van der Waals surface area (Å²) in [5.74, 6) is 1.92. The van der Waals surface area contributed by atoms with E-state index in [1.165, 1.54) is 0 Å². The largest absolute Gasteiger partial charge is 0.508 e. The number of thiazole rings is 1. The van der Waals surface area contributed by atoms with E-state index >= 15 is 0 Å². The number of fused-ring (bicyclic) bond motifs is 1. The molecular formula is C13H14N2OS2. The zero-order valence-electron chi connectivity index (χ0n) is 10.3. The Morgan fingerprint density at radius 3 is 2.94 bits per heavy atom. The number of hydrogen-bond donors (Lipinski definition) is 1. The van der Waals surface area contributed by atoms with Crippen molar-refractivity contribution in [3.05, 3.63) is 23.2 Å². The summed E-state index contributed by atoms with van der Waals surface area (Å²) in [4.78, 5) is 9.33. The third kappa shape index (κ3) is 2.12. The minimum atomic E-state index is 0.291. The molecule has 2 heterocycles. The third-order valence-corrected chi connectivity index (χ3v) is 5.23. The van der Waals surface area contributed by atoms with E-state index in [9.17, 15) is 5.11 Å². The normalized spacial score (nSPS) is 19.7. The summed E-state index contributed by atoms with van der Waals surface area (Å²) in [5.41, 5.74) is 0.934. The molecule has 0 bridgehead atoms. The van der Waals surface area contributed by atoms with Gasteiger partial charge in [-0.2, -0.15) is 0 Å². The van der Waals surface area contributed by atoms with Crippen LogP contribution in [0.5, 0.6) is 5.75 Å². The Morgan fingerprint density at radius 2 is 2.22 bits per heavy atom. The molecule has 3 rings (SSSR count). The molecule has 0 fully saturated rings. The Balaban J connectivity index is 1.98. The van der Waals surface area contributed by atoms with Crippen molar-refractivity contribution < 1.29 is 5.11 Å². The second kappa shape index (κ2) is 4.55. The topological polar surface area (TPSA) is 45.5 Å². The zero-order chi connectivity index (χ0) is 12.7. The molecule has 1 aromatic carbocycles. The maximum Gasteiger partial charge on any atom is 0.149 e. The molecule has 94 valence electrons. The molecule has 3 nitrogen and oxygen atoms in total. The number of phenols is 1. The molecule has 1 atom stereocenters. The predicted molar refractivity (Wildman–Crippen MR) is 78.9 cm³/mol. The standard InChI is InChI=1S/C13H14N2OS2/c1-7(2)10-6-17-12(15-10)13-14-9-4-3-8(16)5-11(9)18-13/h3-5,7,10,16H,6H2,1-2H3. The van der Waals surface area contributed by atoms with Gasteiger partial charge in [-0.05, 0) is 24.1 Å². The van der Waals surface area contributed by atoms with Gasteiger partial charge in [-0.3, -0.25) is 4.99 Å². The third-order valence-electron chi connectivity index (χ3n) is 3.00. The summed E-state index contributed by atoms with van der Waals surface area (Å²) in [7, 11) is 0. The first-order chi connectivity index (χ1) is 8.63. The van der Waals surface area contributed by atoms with Gasteiger partial charge in [0.25, 0.3) is 0 Å². The molecule has 1 aromatic heterocycles. The fraction of sp³-hybridized carbons (Fsp3) is 0.385. The molecule has 0 saturated heterocycles. The van der Waals surface area contributed by atoms with E-state index in [0.717, 1.165) is 26.0 Å². The molecule has 0 amide bonds. The van der Waals surface area contributed by atoms with Gasteiger partial charge in [0.15, 0.2) is 0 Å². The molecule has 1 aliphatic heterocycles. The van der Waals surface area contributed by atoms with Gasteiger partial charge in [-0.15, -0.1) is 23.1 Å². The SMILES string of the molecule is CC(C)C1CSC(c2nc3ccc(O)cc3s2)=N1. The molecule has 1 unspecified atom stereocenters. The summed E-state index contributed by atoms with van der Waals surface area (Å²) in [6.45, 7) is 4.40. The molecule has 1 N–H and O–H groups in total. The summed E-state index contributed by atoms with van der Waals surface area (Å²) >= 11 is 3.39. The fourth-order valence-electron chi connectivity index (χ4n) is 1.85. The quantitative estimate of drug-likeness (QED) is 0.914. The van der Waals surface area contributed by atoms with Gasteiger partial charge in [0.05, 0.1) is 16.3 Å². The van der Waals surface area contributed by atoms with Gasteiger partial charge >= 0.3 is 0 Å². The highest BCUT2D eigenvalue weighted by Crippen LogP contribution is 2.32. The number of aromatic hydroxyl groups is 1. The lowest BCUT2D eigenvalue weighted by Crippen LogP contribution is -2.11. The Hall–Kier alpha value is -1.07. The van der Waals surface area contributed by atoms with E-state index in [0.29, 0.717) is 17.7 Å². The van der Waals surface area contributed by atoms with Gasteiger partial charge < -0.3 is 5.11 Å². The van der Waals surface area contributed by atoms with Crippen LogP contribution in [0.15, 0.2) is 23.2 Å². The zero-order valence-corrected chi connectivity index (χ0v) is 11.9. The second-order valence-corrected chi connectivity index (χ2v) is 6.77. The van der Waals surface area contributed by atoms with E-state index < -0.39 is 0 Å². The number of rotatable bonds is 2. The number of hydrogen-bond acceptors (Lipinski definition) is 5. The van der Waals surface area contributed by atoms with Crippen molar-refractivity contribution in [1.29, 1.82) is 0 Å². The second-order valence-electron chi connectivity index (χ2n) is 4.73. The van der Waals surface area contributed by atoms with Gasteiger partial charge in [-0.1, -0.05) is 13.8 Å². The molecule has 0 saturated carbocycles. The van der Waals surface area contributed by atoms with E-state index in [-0.39, 0.29) is 0 Å². The van der Waals surface area contributed by atoms with Gasteiger partial charge in [0.1, 0.15) is 15.8 Å². The van der Waals surface area contributed by atoms with Crippen molar-refractivity contribution >= 4 is 38.4 Å². The number of nitrogens with zero attached hydrogens (tertiary/aromatic N) is 2. The van der Waals surface area contributed by atoms with Crippen molar-refractivity contribution in [2.75, 3.05) is 5.75 Å². The lowest BCUT2D eigenvalue weighted by atomic mass is 10.1. The van der Waals surface area contributed by atoms with Crippen LogP contribution in [0.2, 0.25) is 0 Å². The molecule has 5 heteroatoms. The number of aliphatic imine (C=N–C) groups is 1. The van der Waals surface area contributed by atoms with Gasteiger partial charge in [-0.25, -0.2) is 4.98 Å². The minimum Gasteiger partial charge on any atom is -0.508 e. The molecule has 2 aromatic rings. The molecule has 0 radical (unpaired) electrons. The van der Waals surface area contributed by atoms with Crippen molar-refractivity contribution in [1.82, 2.24) is 4.98 Å². The monoisotopic (exact) mass is 278 g/mol. The maximum atomic E-state index is 9.46. The van der Waals surface area contributed by atoms with Gasteiger partial charge in [0.2, 0.25) is 0 Å². The Bertz CT molecular complexity index is 618. The van der Waals surface area contributed by atoms with Crippen LogP contribution in [0.4, 0.5) is 0 Å². The van der Waals surface area contributed by atoms with Crippen LogP contribution in [-0.2, 0) is 0 Å². The highest BCUT2D eigenvalue weighted by atomic mass is 32.2. The number of benzene rings is 1. The Kier molecular flexibility index (Phi) is 3.03. The maximum absolute atomic E-state index is 9.46. The van der Waals surface area contributed by atoms with Crippen molar-refractivity contribution in [3.8, 4) is 5.75 Å². The van der Waals surface area contributed by atoms with Crippen molar-refractivity contribution in [2.24, 2.45) is 10.9 Å². The van der Waals surface area contributed by atoms with Crippen LogP contribution >= 0.6 is 23.1 Å². The van der Waals surface area contributed by atoms with Crippen LogP contribution in [0.3, 0.4) is 0 Å². The van der Waals surface area contributed by atoms with Crippen molar-refractivity contribution in [2.45, 2.75) is 19.9 Å². The first-order valence-electron chi connectivity index (χ1n) is 5.94. The highest BCUT2D eigenvalue weighted by Gasteiger charge is 2.23. The molecule has 0 aliphatic carbocycles. The first kappa shape index (κ1) is 12.0. The molecule has 1 aliphatic rings. The average Bonchev–Trinajstić information content (AvgIpc) is 2.93. The summed E-state index contributed by atoms with van der Waals surface area (Å²) in [5, 5.41) is 11.5. The van der Waals surface area contributed by atoms with Gasteiger partial charge in [0, 0.05) is 5.75 Å². The lowest BCUT2D eigenvalue weighted by molar-refractivity contribution is 0.476. The van der Waals surface area contributed by atoms with Crippen LogP contribution in [0.1, 0.15) is 18.9 Å². The van der Waals surface area contributed by atoms with E-state index in [1.807, 2.05) is 6.07 Å². The number of aromatic nitrogens is 1. The lowest BCUT2D eigenvalue weighted by Gasteiger charge is -2.07. The summed E-state index contributed by atoms with van der Waals surface area (Å²) in [6, 6.07) is 5.69. The van der Waals surface area contributed by atoms with E-state index in [4.69, 9.17) is 4.99 Å². The Labute approximate surface area is 114 Å². The summed E-state index contributed by atoms with van der Waals surface area (Å²) in [6.07, 6.45) is 0. The highest BCUT2D eigenvalue weighted by molar-refractivity contribution is 8.15.